The van der Waals surface area contributed by atoms with Crippen molar-refractivity contribution in [3.8, 4) is 0 Å². The van der Waals surface area contributed by atoms with E-state index >= 15 is 0 Å². The van der Waals surface area contributed by atoms with E-state index in [9.17, 15) is 5.11 Å². The van der Waals surface area contributed by atoms with Gasteiger partial charge in [0.1, 0.15) is 0 Å². The monoisotopic (exact) mass is 234 g/mol. The predicted octanol–water partition coefficient (Wildman–Crippen LogP) is 4.09. The molecule has 0 aromatic heterocycles. The lowest BCUT2D eigenvalue weighted by atomic mass is 9.51. The third-order valence-corrected chi connectivity index (χ3v) is 5.31. The van der Waals surface area contributed by atoms with Crippen LogP contribution in [0.5, 0.6) is 0 Å². The van der Waals surface area contributed by atoms with Crippen molar-refractivity contribution >= 4 is 0 Å². The van der Waals surface area contributed by atoms with Gasteiger partial charge in [0.15, 0.2) is 0 Å². The van der Waals surface area contributed by atoms with E-state index in [-0.39, 0.29) is 5.41 Å². The molecule has 0 unspecified atom stereocenters. The number of allylic oxidation sites excluding steroid dienone is 1. The molecule has 0 heterocycles. The molecule has 2 fully saturated rings. The lowest BCUT2D eigenvalue weighted by molar-refractivity contribution is -0.156. The number of hydrogen-bond acceptors (Lipinski definition) is 1. The highest BCUT2D eigenvalue weighted by atomic mass is 16.3. The van der Waals surface area contributed by atoms with Crippen LogP contribution in [0.2, 0.25) is 0 Å². The minimum absolute atomic E-state index is 0.00468. The number of fused-ring (bicyclic) bond motifs is 1. The fourth-order valence-electron chi connectivity index (χ4n) is 4.10. The highest BCUT2D eigenvalue weighted by Crippen LogP contribution is 2.57. The van der Waals surface area contributed by atoms with Gasteiger partial charge >= 0.3 is 0 Å². The number of aliphatic hydroxyl groups is 1. The normalized spacial score (nSPS) is 46.4. The standard InChI is InChI=1S/C16H26O/c1-5-9-15(4)10-8-13(3)14-7-6-12(2)11-16(14,15)17/h5,12,14,17H,1,3,6-11H2,2,4H3/t12-,14+,15-,16+/m1/s1. The Morgan fingerprint density at radius 3 is 2.82 bits per heavy atom. The summed E-state index contributed by atoms with van der Waals surface area (Å²) in [4.78, 5) is 0. The van der Waals surface area contributed by atoms with Crippen molar-refractivity contribution in [2.75, 3.05) is 0 Å². The summed E-state index contributed by atoms with van der Waals surface area (Å²) in [7, 11) is 0. The van der Waals surface area contributed by atoms with Crippen LogP contribution >= 0.6 is 0 Å². The molecule has 2 aliphatic carbocycles. The molecule has 2 rings (SSSR count). The molecule has 0 bridgehead atoms. The Balaban J connectivity index is 2.36. The fraction of sp³-hybridized carbons (Fsp3) is 0.750. The van der Waals surface area contributed by atoms with Crippen molar-refractivity contribution in [1.82, 2.24) is 0 Å². The van der Waals surface area contributed by atoms with Gasteiger partial charge in [0.2, 0.25) is 0 Å². The van der Waals surface area contributed by atoms with Crippen LogP contribution in [0.3, 0.4) is 0 Å². The molecule has 0 spiro atoms. The molecule has 0 aliphatic heterocycles. The Morgan fingerprint density at radius 2 is 2.18 bits per heavy atom. The Kier molecular flexibility index (Phi) is 3.24. The second-order valence-electron chi connectivity index (χ2n) is 6.58. The molecule has 4 atom stereocenters. The Bertz CT molecular complexity index is 332. The van der Waals surface area contributed by atoms with E-state index in [4.69, 9.17) is 0 Å². The van der Waals surface area contributed by atoms with Gasteiger partial charge in [-0.1, -0.05) is 32.1 Å². The SMILES string of the molecule is C=CC[C@]1(C)CCC(=C)[C@@H]2CC[C@@H](C)C[C@]21O. The zero-order valence-corrected chi connectivity index (χ0v) is 11.3. The van der Waals surface area contributed by atoms with Gasteiger partial charge in [-0.25, -0.2) is 0 Å². The summed E-state index contributed by atoms with van der Waals surface area (Å²) < 4.78 is 0. The van der Waals surface area contributed by atoms with E-state index in [1.807, 2.05) is 6.08 Å². The summed E-state index contributed by atoms with van der Waals surface area (Å²) in [6, 6.07) is 0. The summed E-state index contributed by atoms with van der Waals surface area (Å²) >= 11 is 0. The molecule has 0 amide bonds. The molecule has 1 N–H and O–H groups in total. The zero-order valence-electron chi connectivity index (χ0n) is 11.3. The van der Waals surface area contributed by atoms with Crippen LogP contribution in [-0.2, 0) is 0 Å². The fourth-order valence-corrected chi connectivity index (χ4v) is 4.10. The molecule has 0 aromatic rings. The first kappa shape index (κ1) is 12.9. The smallest absolute Gasteiger partial charge is 0.0771 e. The van der Waals surface area contributed by atoms with E-state index < -0.39 is 5.60 Å². The predicted molar refractivity (Wildman–Crippen MR) is 72.7 cm³/mol. The van der Waals surface area contributed by atoms with Crippen molar-refractivity contribution < 1.29 is 5.11 Å². The molecule has 0 radical (unpaired) electrons. The van der Waals surface area contributed by atoms with E-state index in [1.165, 1.54) is 12.0 Å². The Morgan fingerprint density at radius 1 is 1.47 bits per heavy atom. The number of rotatable bonds is 2. The van der Waals surface area contributed by atoms with Gasteiger partial charge in [-0.2, -0.15) is 0 Å². The highest BCUT2D eigenvalue weighted by Gasteiger charge is 2.56. The van der Waals surface area contributed by atoms with Gasteiger partial charge in [0.05, 0.1) is 5.60 Å². The Hall–Kier alpha value is -0.560. The summed E-state index contributed by atoms with van der Waals surface area (Å²) in [6.07, 6.45) is 8.30. The first-order valence-corrected chi connectivity index (χ1v) is 6.94. The lowest BCUT2D eigenvalue weighted by Crippen LogP contribution is -2.57. The highest BCUT2D eigenvalue weighted by molar-refractivity contribution is 5.20. The molecule has 1 nitrogen and oxygen atoms in total. The first-order valence-electron chi connectivity index (χ1n) is 6.94. The molecular formula is C16H26O. The van der Waals surface area contributed by atoms with E-state index in [0.29, 0.717) is 11.8 Å². The maximum absolute atomic E-state index is 11.3. The van der Waals surface area contributed by atoms with Crippen LogP contribution in [0.15, 0.2) is 24.8 Å². The van der Waals surface area contributed by atoms with Crippen molar-refractivity contribution in [3.63, 3.8) is 0 Å². The van der Waals surface area contributed by atoms with E-state index in [1.54, 1.807) is 0 Å². The van der Waals surface area contributed by atoms with Crippen molar-refractivity contribution in [1.29, 1.82) is 0 Å². The molecule has 1 heteroatoms. The zero-order chi connectivity index (χ0) is 12.7. The van der Waals surface area contributed by atoms with Gasteiger partial charge in [-0.3, -0.25) is 0 Å². The minimum atomic E-state index is -0.547. The van der Waals surface area contributed by atoms with Gasteiger partial charge in [-0.15, -0.1) is 6.58 Å². The topological polar surface area (TPSA) is 20.2 Å². The Labute approximate surface area is 106 Å². The van der Waals surface area contributed by atoms with Gasteiger partial charge in [0.25, 0.3) is 0 Å². The maximum atomic E-state index is 11.3. The molecule has 2 saturated carbocycles. The molecular weight excluding hydrogens is 208 g/mol. The third kappa shape index (κ3) is 1.89. The van der Waals surface area contributed by atoms with Crippen LogP contribution < -0.4 is 0 Å². The van der Waals surface area contributed by atoms with Crippen LogP contribution in [0.25, 0.3) is 0 Å². The quantitative estimate of drug-likeness (QED) is 0.714. The summed E-state index contributed by atoms with van der Waals surface area (Å²) in [6.45, 7) is 12.6. The maximum Gasteiger partial charge on any atom is 0.0771 e. The van der Waals surface area contributed by atoms with Crippen LogP contribution in [0.1, 0.15) is 52.4 Å². The van der Waals surface area contributed by atoms with Crippen LogP contribution in [0, 0.1) is 17.3 Å². The van der Waals surface area contributed by atoms with Crippen molar-refractivity contribution in [2.24, 2.45) is 17.3 Å². The molecule has 0 aromatic carbocycles. The average molecular weight is 234 g/mol. The van der Waals surface area contributed by atoms with Gasteiger partial charge in [0, 0.05) is 11.3 Å². The van der Waals surface area contributed by atoms with Gasteiger partial charge in [-0.05, 0) is 44.4 Å². The minimum Gasteiger partial charge on any atom is -0.389 e. The molecule has 0 saturated heterocycles. The second-order valence-corrected chi connectivity index (χ2v) is 6.58. The van der Waals surface area contributed by atoms with E-state index in [2.05, 4.69) is 27.0 Å². The molecule has 17 heavy (non-hydrogen) atoms. The second kappa shape index (κ2) is 4.28. The van der Waals surface area contributed by atoms with Crippen molar-refractivity contribution in [2.45, 2.75) is 58.0 Å². The largest absolute Gasteiger partial charge is 0.389 e. The summed E-state index contributed by atoms with van der Waals surface area (Å²) in [5.74, 6) is 0.948. The van der Waals surface area contributed by atoms with Crippen LogP contribution in [-0.4, -0.2) is 10.7 Å². The van der Waals surface area contributed by atoms with E-state index in [0.717, 1.165) is 32.1 Å². The lowest BCUT2D eigenvalue weighted by Gasteiger charge is -2.57. The third-order valence-electron chi connectivity index (χ3n) is 5.31. The molecule has 96 valence electrons. The molecule has 2 aliphatic rings. The summed E-state index contributed by atoms with van der Waals surface area (Å²) in [5, 5.41) is 11.3. The van der Waals surface area contributed by atoms with Gasteiger partial charge < -0.3 is 5.11 Å². The first-order chi connectivity index (χ1) is 7.93. The summed E-state index contributed by atoms with van der Waals surface area (Å²) in [5.41, 5.74) is 0.727. The van der Waals surface area contributed by atoms with Crippen molar-refractivity contribution in [3.05, 3.63) is 24.8 Å². The van der Waals surface area contributed by atoms with Crippen LogP contribution in [0.4, 0.5) is 0 Å². The average Bonchev–Trinajstić information content (AvgIpc) is 2.25. The number of hydrogen-bond donors (Lipinski definition) is 1.